The van der Waals surface area contributed by atoms with Gasteiger partial charge in [-0.3, -0.25) is 0 Å². The van der Waals surface area contributed by atoms with E-state index < -0.39 is 0 Å². The van der Waals surface area contributed by atoms with Crippen LogP contribution in [0.4, 0.5) is 5.82 Å². The Bertz CT molecular complexity index is 982. The second-order valence-corrected chi connectivity index (χ2v) is 9.05. The number of thiophene rings is 1. The van der Waals surface area contributed by atoms with Gasteiger partial charge in [0.1, 0.15) is 17.3 Å². The first kappa shape index (κ1) is 19.0. The number of hydrogen-bond acceptors (Lipinski definition) is 6. The van der Waals surface area contributed by atoms with Crippen molar-refractivity contribution in [1.82, 2.24) is 9.97 Å². The fourth-order valence-electron chi connectivity index (χ4n) is 4.83. The molecule has 5 nitrogen and oxygen atoms in total. The zero-order valence-corrected chi connectivity index (χ0v) is 17.6. The highest BCUT2D eigenvalue weighted by Crippen LogP contribution is 2.42. The first-order valence-corrected chi connectivity index (χ1v) is 11.4. The lowest BCUT2D eigenvalue weighted by molar-refractivity contribution is -0.0767. The zero-order valence-electron chi connectivity index (χ0n) is 16.8. The van der Waals surface area contributed by atoms with Crippen molar-refractivity contribution in [2.45, 2.75) is 56.8 Å². The SMILES string of the molecule is COCc1nc(NC2CCOC3(CCCC3)C2)c2c(-c3ccccc3)csc2n1. The molecule has 29 heavy (non-hydrogen) atoms. The molecule has 0 amide bonds. The number of ether oxygens (including phenoxy) is 2. The summed E-state index contributed by atoms with van der Waals surface area (Å²) in [6, 6.07) is 10.9. The molecule has 2 fully saturated rings. The van der Waals surface area contributed by atoms with Gasteiger partial charge in [0.25, 0.3) is 0 Å². The van der Waals surface area contributed by atoms with Crippen LogP contribution in [0.2, 0.25) is 0 Å². The van der Waals surface area contributed by atoms with Crippen LogP contribution in [0.3, 0.4) is 0 Å². The second kappa shape index (κ2) is 8.01. The summed E-state index contributed by atoms with van der Waals surface area (Å²) >= 11 is 1.67. The summed E-state index contributed by atoms with van der Waals surface area (Å²) < 4.78 is 11.6. The molecule has 3 aromatic rings. The number of benzene rings is 1. The lowest BCUT2D eigenvalue weighted by atomic mass is 9.89. The molecule has 1 saturated heterocycles. The number of nitrogens with one attached hydrogen (secondary N) is 1. The Morgan fingerprint density at radius 1 is 1.21 bits per heavy atom. The maximum absolute atomic E-state index is 6.23. The minimum Gasteiger partial charge on any atom is -0.377 e. The molecule has 1 aromatic carbocycles. The molecule has 2 aliphatic rings. The molecule has 1 aliphatic heterocycles. The fourth-order valence-corrected chi connectivity index (χ4v) is 5.79. The van der Waals surface area contributed by atoms with Gasteiger partial charge in [0.15, 0.2) is 5.82 Å². The summed E-state index contributed by atoms with van der Waals surface area (Å²) in [5.74, 6) is 1.66. The maximum Gasteiger partial charge on any atom is 0.158 e. The zero-order chi connectivity index (χ0) is 19.7. The number of fused-ring (bicyclic) bond motifs is 1. The van der Waals surface area contributed by atoms with E-state index in [4.69, 9.17) is 19.4 Å². The summed E-state index contributed by atoms with van der Waals surface area (Å²) in [6.45, 7) is 1.24. The lowest BCUT2D eigenvalue weighted by Gasteiger charge is -2.38. The van der Waals surface area contributed by atoms with Crippen molar-refractivity contribution in [1.29, 1.82) is 0 Å². The molecule has 1 unspecified atom stereocenters. The molecule has 1 atom stereocenters. The Balaban J connectivity index is 1.53. The third kappa shape index (κ3) is 3.77. The van der Waals surface area contributed by atoms with E-state index in [0.717, 1.165) is 41.3 Å². The van der Waals surface area contributed by atoms with E-state index in [-0.39, 0.29) is 5.60 Å². The highest BCUT2D eigenvalue weighted by atomic mass is 32.1. The van der Waals surface area contributed by atoms with Crippen LogP contribution < -0.4 is 5.32 Å². The molecule has 5 rings (SSSR count). The van der Waals surface area contributed by atoms with Crippen molar-refractivity contribution in [3.05, 3.63) is 41.5 Å². The Kier molecular flexibility index (Phi) is 5.24. The number of nitrogens with zero attached hydrogens (tertiary/aromatic N) is 2. The topological polar surface area (TPSA) is 56.3 Å². The van der Waals surface area contributed by atoms with Crippen molar-refractivity contribution < 1.29 is 9.47 Å². The molecule has 1 N–H and O–H groups in total. The molecule has 1 spiro atoms. The second-order valence-electron chi connectivity index (χ2n) is 8.19. The summed E-state index contributed by atoms with van der Waals surface area (Å²) in [5, 5.41) is 7.10. The standard InChI is InChI=1S/C23H27N3O2S/c1-27-14-19-25-21(24-17-9-12-28-23(13-17)10-5-6-11-23)20-18(15-29-22(20)26-19)16-7-3-2-4-8-16/h2-4,7-8,15,17H,5-6,9-14H2,1H3,(H,24,25,26). The van der Waals surface area contributed by atoms with Crippen LogP contribution in [0, 0.1) is 0 Å². The van der Waals surface area contributed by atoms with Gasteiger partial charge in [0, 0.05) is 30.7 Å². The summed E-state index contributed by atoms with van der Waals surface area (Å²) in [6.07, 6.45) is 7.01. The Hall–Kier alpha value is -2.02. The van der Waals surface area contributed by atoms with Gasteiger partial charge in [0.05, 0.1) is 11.0 Å². The third-order valence-electron chi connectivity index (χ3n) is 6.19. The van der Waals surface area contributed by atoms with Crippen molar-refractivity contribution >= 4 is 27.4 Å². The van der Waals surface area contributed by atoms with Crippen molar-refractivity contribution in [2.75, 3.05) is 19.0 Å². The molecular formula is C23H27N3O2S. The van der Waals surface area contributed by atoms with E-state index in [9.17, 15) is 0 Å². The molecule has 3 heterocycles. The Labute approximate surface area is 175 Å². The Morgan fingerprint density at radius 3 is 2.83 bits per heavy atom. The minimum absolute atomic E-state index is 0.0777. The molecule has 1 saturated carbocycles. The minimum atomic E-state index is 0.0777. The normalized spacial score (nSPS) is 21.1. The number of methoxy groups -OCH3 is 1. The quantitative estimate of drug-likeness (QED) is 0.611. The molecule has 2 aromatic heterocycles. The number of hydrogen-bond donors (Lipinski definition) is 1. The molecule has 0 radical (unpaired) electrons. The van der Waals surface area contributed by atoms with Gasteiger partial charge in [-0.15, -0.1) is 11.3 Å². The number of anilines is 1. The van der Waals surface area contributed by atoms with Gasteiger partial charge in [-0.2, -0.15) is 0 Å². The monoisotopic (exact) mass is 409 g/mol. The van der Waals surface area contributed by atoms with E-state index >= 15 is 0 Å². The van der Waals surface area contributed by atoms with E-state index in [2.05, 4.69) is 35.0 Å². The van der Waals surface area contributed by atoms with Gasteiger partial charge in [-0.25, -0.2) is 9.97 Å². The van der Waals surface area contributed by atoms with Gasteiger partial charge >= 0.3 is 0 Å². The predicted molar refractivity (Wildman–Crippen MR) is 117 cm³/mol. The first-order valence-electron chi connectivity index (χ1n) is 10.5. The van der Waals surface area contributed by atoms with Crippen molar-refractivity contribution in [3.8, 4) is 11.1 Å². The van der Waals surface area contributed by atoms with Crippen LogP contribution in [0.5, 0.6) is 0 Å². The van der Waals surface area contributed by atoms with Crippen molar-refractivity contribution in [2.24, 2.45) is 0 Å². The van der Waals surface area contributed by atoms with Gasteiger partial charge in [-0.05, 0) is 31.2 Å². The van der Waals surface area contributed by atoms with Crippen molar-refractivity contribution in [3.63, 3.8) is 0 Å². The maximum atomic E-state index is 6.23. The smallest absolute Gasteiger partial charge is 0.158 e. The lowest BCUT2D eigenvalue weighted by Crippen LogP contribution is -2.42. The van der Waals surface area contributed by atoms with Gasteiger partial charge in [-0.1, -0.05) is 43.2 Å². The van der Waals surface area contributed by atoms with E-state index in [1.807, 2.05) is 6.07 Å². The van der Waals surface area contributed by atoms with Gasteiger partial charge in [0.2, 0.25) is 0 Å². The average molecular weight is 410 g/mol. The summed E-state index contributed by atoms with van der Waals surface area (Å²) in [7, 11) is 1.69. The number of rotatable bonds is 5. The van der Waals surface area contributed by atoms with Crippen LogP contribution in [-0.4, -0.2) is 35.3 Å². The third-order valence-corrected chi connectivity index (χ3v) is 7.06. The highest BCUT2D eigenvalue weighted by molar-refractivity contribution is 7.17. The van der Waals surface area contributed by atoms with Crippen LogP contribution in [0.1, 0.15) is 44.3 Å². The largest absolute Gasteiger partial charge is 0.377 e. The van der Waals surface area contributed by atoms with E-state index in [0.29, 0.717) is 12.6 Å². The van der Waals surface area contributed by atoms with Crippen LogP contribution in [-0.2, 0) is 16.1 Å². The molecule has 1 aliphatic carbocycles. The van der Waals surface area contributed by atoms with E-state index in [1.54, 1.807) is 18.4 Å². The average Bonchev–Trinajstić information content (AvgIpc) is 3.36. The summed E-state index contributed by atoms with van der Waals surface area (Å²) in [4.78, 5) is 10.6. The molecular weight excluding hydrogens is 382 g/mol. The van der Waals surface area contributed by atoms with E-state index in [1.165, 1.54) is 36.8 Å². The van der Waals surface area contributed by atoms with Crippen LogP contribution >= 0.6 is 11.3 Å². The molecule has 0 bridgehead atoms. The fraction of sp³-hybridized carbons (Fsp3) is 0.478. The molecule has 6 heteroatoms. The molecule has 152 valence electrons. The Morgan fingerprint density at radius 2 is 2.03 bits per heavy atom. The summed E-state index contributed by atoms with van der Waals surface area (Å²) in [5.41, 5.74) is 2.47. The van der Waals surface area contributed by atoms with Crippen LogP contribution in [0.15, 0.2) is 35.7 Å². The van der Waals surface area contributed by atoms with Gasteiger partial charge < -0.3 is 14.8 Å². The first-order chi connectivity index (χ1) is 14.3. The van der Waals surface area contributed by atoms with Crippen LogP contribution in [0.25, 0.3) is 21.3 Å². The predicted octanol–water partition coefficient (Wildman–Crippen LogP) is 5.41. The number of aromatic nitrogens is 2. The highest BCUT2D eigenvalue weighted by Gasteiger charge is 2.40.